The van der Waals surface area contributed by atoms with Crippen LogP contribution in [0.2, 0.25) is 0 Å². The predicted octanol–water partition coefficient (Wildman–Crippen LogP) is 0.133. The average Bonchev–Trinajstić information content (AvgIpc) is 2.64. The molecule has 2 rings (SSSR count). The van der Waals surface area contributed by atoms with Gasteiger partial charge in [-0.1, -0.05) is 0 Å². The molecule has 2 heterocycles. The topological polar surface area (TPSA) is 82.5 Å². The van der Waals surface area contributed by atoms with Crippen LogP contribution in [0.3, 0.4) is 0 Å². The third-order valence-electron chi connectivity index (χ3n) is 1.91. The molecule has 0 aliphatic rings. The van der Waals surface area contributed by atoms with Gasteiger partial charge in [-0.05, 0) is 13.8 Å². The van der Waals surface area contributed by atoms with Gasteiger partial charge in [-0.3, -0.25) is 0 Å². The van der Waals surface area contributed by atoms with E-state index in [1.807, 2.05) is 19.9 Å². The number of hydrogen-bond acceptors (Lipinski definition) is 5. The number of nitrogens with two attached hydrogens (primary N) is 1. The molecular formula is C9H12N6. The first-order valence-electron chi connectivity index (χ1n) is 4.62. The maximum atomic E-state index is 5.43. The van der Waals surface area contributed by atoms with Gasteiger partial charge in [0.15, 0.2) is 11.6 Å². The second kappa shape index (κ2) is 3.74. The standard InChI is InChI=1S/C9H12N6/c1-6-3-9(13-7(2)12-6)15-5-11-8(4-10)14-15/h3,5H,4,10H2,1-2H3. The van der Waals surface area contributed by atoms with Crippen molar-refractivity contribution in [3.05, 3.63) is 29.7 Å². The van der Waals surface area contributed by atoms with E-state index in [1.165, 1.54) is 0 Å². The Balaban J connectivity index is 2.44. The molecule has 0 amide bonds. The molecule has 0 aliphatic heterocycles. The van der Waals surface area contributed by atoms with Crippen molar-refractivity contribution >= 4 is 0 Å². The minimum absolute atomic E-state index is 0.329. The van der Waals surface area contributed by atoms with Gasteiger partial charge in [-0.15, -0.1) is 5.10 Å². The second-order valence-corrected chi connectivity index (χ2v) is 3.22. The highest BCUT2D eigenvalue weighted by Crippen LogP contribution is 2.04. The smallest absolute Gasteiger partial charge is 0.164 e. The summed E-state index contributed by atoms with van der Waals surface area (Å²) < 4.78 is 1.60. The largest absolute Gasteiger partial charge is 0.324 e. The highest BCUT2D eigenvalue weighted by atomic mass is 15.4. The van der Waals surface area contributed by atoms with Crippen LogP contribution in [0.1, 0.15) is 17.3 Å². The van der Waals surface area contributed by atoms with Gasteiger partial charge >= 0.3 is 0 Å². The molecule has 0 radical (unpaired) electrons. The van der Waals surface area contributed by atoms with E-state index in [2.05, 4.69) is 20.1 Å². The van der Waals surface area contributed by atoms with Crippen LogP contribution < -0.4 is 5.73 Å². The molecule has 0 fully saturated rings. The quantitative estimate of drug-likeness (QED) is 0.752. The fourth-order valence-electron chi connectivity index (χ4n) is 1.32. The molecular weight excluding hydrogens is 192 g/mol. The first-order chi connectivity index (χ1) is 7.19. The van der Waals surface area contributed by atoms with Gasteiger partial charge in [-0.2, -0.15) is 0 Å². The molecule has 6 heteroatoms. The fraction of sp³-hybridized carbons (Fsp3) is 0.333. The summed E-state index contributed by atoms with van der Waals surface area (Å²) in [4.78, 5) is 12.5. The van der Waals surface area contributed by atoms with Crippen LogP contribution in [0.25, 0.3) is 5.82 Å². The summed E-state index contributed by atoms with van der Waals surface area (Å²) in [6, 6.07) is 1.85. The van der Waals surface area contributed by atoms with Crippen molar-refractivity contribution < 1.29 is 0 Å². The van der Waals surface area contributed by atoms with Crippen LogP contribution in [0.5, 0.6) is 0 Å². The number of hydrogen-bond donors (Lipinski definition) is 1. The van der Waals surface area contributed by atoms with Crippen molar-refractivity contribution in [3.8, 4) is 5.82 Å². The molecule has 6 nitrogen and oxygen atoms in total. The van der Waals surface area contributed by atoms with Crippen molar-refractivity contribution in [2.45, 2.75) is 20.4 Å². The van der Waals surface area contributed by atoms with Gasteiger partial charge in [0.05, 0.1) is 6.54 Å². The lowest BCUT2D eigenvalue weighted by molar-refractivity contribution is 0.793. The highest BCUT2D eigenvalue weighted by molar-refractivity contribution is 5.22. The summed E-state index contributed by atoms with van der Waals surface area (Å²) in [6.45, 7) is 4.09. The van der Waals surface area contributed by atoms with Gasteiger partial charge < -0.3 is 5.73 Å². The number of nitrogens with zero attached hydrogens (tertiary/aromatic N) is 5. The molecule has 0 spiro atoms. The van der Waals surface area contributed by atoms with E-state index in [1.54, 1.807) is 11.0 Å². The van der Waals surface area contributed by atoms with Crippen LogP contribution in [0.4, 0.5) is 0 Å². The van der Waals surface area contributed by atoms with E-state index in [-0.39, 0.29) is 0 Å². The average molecular weight is 204 g/mol. The van der Waals surface area contributed by atoms with Gasteiger partial charge in [0.25, 0.3) is 0 Å². The molecule has 0 bridgehead atoms. The van der Waals surface area contributed by atoms with E-state index in [9.17, 15) is 0 Å². The van der Waals surface area contributed by atoms with Crippen LogP contribution in [-0.2, 0) is 6.54 Å². The lowest BCUT2D eigenvalue weighted by Crippen LogP contribution is -2.04. The molecule has 0 aliphatic carbocycles. The Morgan fingerprint density at radius 2 is 2.13 bits per heavy atom. The van der Waals surface area contributed by atoms with E-state index < -0.39 is 0 Å². The van der Waals surface area contributed by atoms with Crippen molar-refractivity contribution in [1.82, 2.24) is 24.7 Å². The lowest BCUT2D eigenvalue weighted by Gasteiger charge is -2.01. The Bertz CT molecular complexity index is 455. The summed E-state index contributed by atoms with van der Waals surface area (Å²) in [6.07, 6.45) is 1.60. The summed E-state index contributed by atoms with van der Waals surface area (Å²) in [7, 11) is 0. The van der Waals surface area contributed by atoms with E-state index in [0.29, 0.717) is 18.2 Å². The van der Waals surface area contributed by atoms with Crippen LogP contribution >= 0.6 is 0 Å². The fourth-order valence-corrected chi connectivity index (χ4v) is 1.32. The van der Waals surface area contributed by atoms with Crippen LogP contribution in [-0.4, -0.2) is 24.7 Å². The second-order valence-electron chi connectivity index (χ2n) is 3.22. The minimum Gasteiger partial charge on any atom is -0.324 e. The van der Waals surface area contributed by atoms with E-state index >= 15 is 0 Å². The van der Waals surface area contributed by atoms with Crippen LogP contribution in [0.15, 0.2) is 12.4 Å². The number of aromatic nitrogens is 5. The van der Waals surface area contributed by atoms with Gasteiger partial charge in [0, 0.05) is 11.8 Å². The Labute approximate surface area is 87.2 Å². The van der Waals surface area contributed by atoms with E-state index in [0.717, 1.165) is 11.5 Å². The van der Waals surface area contributed by atoms with Crippen molar-refractivity contribution in [3.63, 3.8) is 0 Å². The highest BCUT2D eigenvalue weighted by Gasteiger charge is 2.04. The maximum Gasteiger partial charge on any atom is 0.164 e. The van der Waals surface area contributed by atoms with E-state index in [4.69, 9.17) is 5.73 Å². The van der Waals surface area contributed by atoms with Gasteiger partial charge in [0.2, 0.25) is 0 Å². The van der Waals surface area contributed by atoms with Gasteiger partial charge in [0.1, 0.15) is 12.2 Å². The summed E-state index contributed by atoms with van der Waals surface area (Å²) in [5.41, 5.74) is 6.33. The molecule has 2 aromatic heterocycles. The molecule has 78 valence electrons. The zero-order chi connectivity index (χ0) is 10.8. The molecule has 0 saturated heterocycles. The van der Waals surface area contributed by atoms with Crippen molar-refractivity contribution in [2.24, 2.45) is 5.73 Å². The Morgan fingerprint density at radius 1 is 1.33 bits per heavy atom. The maximum absolute atomic E-state index is 5.43. The third-order valence-corrected chi connectivity index (χ3v) is 1.91. The summed E-state index contributed by atoms with van der Waals surface area (Å²) >= 11 is 0. The summed E-state index contributed by atoms with van der Waals surface area (Å²) in [5.74, 6) is 2.03. The van der Waals surface area contributed by atoms with Crippen molar-refractivity contribution in [2.75, 3.05) is 0 Å². The molecule has 0 atom stereocenters. The first kappa shape index (κ1) is 9.72. The Kier molecular flexibility index (Phi) is 2.42. The molecule has 0 unspecified atom stereocenters. The molecule has 0 saturated carbocycles. The Morgan fingerprint density at radius 3 is 2.73 bits per heavy atom. The third kappa shape index (κ3) is 1.99. The zero-order valence-electron chi connectivity index (χ0n) is 8.68. The first-order valence-corrected chi connectivity index (χ1v) is 4.62. The molecule has 2 N–H and O–H groups in total. The monoisotopic (exact) mass is 204 g/mol. The summed E-state index contributed by atoms with van der Waals surface area (Å²) in [5, 5.41) is 4.17. The van der Waals surface area contributed by atoms with Crippen molar-refractivity contribution in [1.29, 1.82) is 0 Å². The number of aryl methyl sites for hydroxylation is 2. The van der Waals surface area contributed by atoms with Crippen LogP contribution in [0, 0.1) is 13.8 Å². The molecule has 0 aromatic carbocycles. The zero-order valence-corrected chi connectivity index (χ0v) is 8.68. The Hall–Kier alpha value is -1.82. The predicted molar refractivity (Wildman–Crippen MR) is 54.3 cm³/mol. The van der Waals surface area contributed by atoms with Gasteiger partial charge in [-0.25, -0.2) is 19.6 Å². The normalized spacial score (nSPS) is 10.6. The SMILES string of the molecule is Cc1cc(-n2cnc(CN)n2)nc(C)n1. The molecule has 15 heavy (non-hydrogen) atoms. The minimum atomic E-state index is 0.329. The number of rotatable bonds is 2. The lowest BCUT2D eigenvalue weighted by atomic mass is 10.4. The molecule has 2 aromatic rings.